The van der Waals surface area contributed by atoms with Gasteiger partial charge in [0.15, 0.2) is 5.78 Å². The monoisotopic (exact) mass is 304 g/mol. The van der Waals surface area contributed by atoms with Gasteiger partial charge in [-0.05, 0) is 48.7 Å². The second-order valence-electron chi connectivity index (χ2n) is 5.08. The summed E-state index contributed by atoms with van der Waals surface area (Å²) in [5, 5.41) is 0. The fourth-order valence-electron chi connectivity index (χ4n) is 2.06. The minimum atomic E-state index is -4.44. The van der Waals surface area contributed by atoms with Gasteiger partial charge in [0.2, 0.25) is 0 Å². The summed E-state index contributed by atoms with van der Waals surface area (Å²) in [4.78, 5) is 12.1. The van der Waals surface area contributed by atoms with Gasteiger partial charge in [-0.15, -0.1) is 0 Å². The number of carbonyl (C=O) groups excluding carboxylic acids is 1. The fourth-order valence-corrected chi connectivity index (χ4v) is 2.06. The Labute approximate surface area is 127 Å². The van der Waals surface area contributed by atoms with Gasteiger partial charge in [-0.1, -0.05) is 36.4 Å². The lowest BCUT2D eigenvalue weighted by Gasteiger charge is -2.09. The largest absolute Gasteiger partial charge is 0.416 e. The van der Waals surface area contributed by atoms with Crippen LogP contribution in [0.2, 0.25) is 0 Å². The molecule has 0 aliphatic carbocycles. The van der Waals surface area contributed by atoms with E-state index in [9.17, 15) is 18.0 Å². The molecule has 0 amide bonds. The SMILES string of the molecule is Cc1ccc(C(=O)/C=C/c2ccccc2C(F)(F)F)cc1C. The smallest absolute Gasteiger partial charge is 0.289 e. The topological polar surface area (TPSA) is 17.1 Å². The van der Waals surface area contributed by atoms with Crippen LogP contribution in [-0.4, -0.2) is 5.78 Å². The standard InChI is InChI=1S/C18H15F3O/c1-12-7-8-15(11-13(12)2)17(22)10-9-14-5-3-4-6-16(14)18(19,20)21/h3-11H,1-2H3/b10-9+. The highest BCUT2D eigenvalue weighted by atomic mass is 19.4. The highest BCUT2D eigenvalue weighted by molar-refractivity contribution is 6.07. The number of halogens is 3. The van der Waals surface area contributed by atoms with Gasteiger partial charge in [-0.25, -0.2) is 0 Å². The van der Waals surface area contributed by atoms with Crippen molar-refractivity contribution >= 4 is 11.9 Å². The quantitative estimate of drug-likeness (QED) is 0.561. The van der Waals surface area contributed by atoms with Crippen molar-refractivity contribution in [1.82, 2.24) is 0 Å². The van der Waals surface area contributed by atoms with E-state index in [4.69, 9.17) is 0 Å². The van der Waals surface area contributed by atoms with E-state index in [0.717, 1.165) is 17.2 Å². The van der Waals surface area contributed by atoms with Crippen molar-refractivity contribution in [1.29, 1.82) is 0 Å². The lowest BCUT2D eigenvalue weighted by atomic mass is 10.0. The molecule has 4 heteroatoms. The van der Waals surface area contributed by atoms with E-state index in [1.165, 1.54) is 30.4 Å². The van der Waals surface area contributed by atoms with Crippen molar-refractivity contribution < 1.29 is 18.0 Å². The summed E-state index contributed by atoms with van der Waals surface area (Å²) < 4.78 is 38.6. The second kappa shape index (κ2) is 6.18. The van der Waals surface area contributed by atoms with Crippen LogP contribution >= 0.6 is 0 Å². The molecule has 0 bridgehead atoms. The Balaban J connectivity index is 2.29. The van der Waals surface area contributed by atoms with Crippen LogP contribution in [0.5, 0.6) is 0 Å². The van der Waals surface area contributed by atoms with Crippen molar-refractivity contribution in [3.05, 3.63) is 76.4 Å². The van der Waals surface area contributed by atoms with E-state index in [1.807, 2.05) is 19.9 Å². The lowest BCUT2D eigenvalue weighted by Crippen LogP contribution is -2.07. The molecule has 114 valence electrons. The van der Waals surface area contributed by atoms with E-state index in [-0.39, 0.29) is 11.3 Å². The van der Waals surface area contributed by atoms with Crippen LogP contribution in [0.25, 0.3) is 6.08 Å². The van der Waals surface area contributed by atoms with E-state index >= 15 is 0 Å². The molecule has 0 aromatic heterocycles. The molecule has 2 aromatic rings. The molecule has 0 saturated heterocycles. The third-order valence-corrected chi connectivity index (χ3v) is 3.47. The number of carbonyl (C=O) groups is 1. The normalized spacial score (nSPS) is 11.9. The molecule has 0 spiro atoms. The number of alkyl halides is 3. The maximum atomic E-state index is 12.9. The molecule has 0 aliphatic rings. The van der Waals surface area contributed by atoms with Crippen molar-refractivity contribution in [2.24, 2.45) is 0 Å². The summed E-state index contributed by atoms with van der Waals surface area (Å²) in [5.74, 6) is -0.319. The van der Waals surface area contributed by atoms with Crippen molar-refractivity contribution in [2.45, 2.75) is 20.0 Å². The predicted octanol–water partition coefficient (Wildman–Crippen LogP) is 5.22. The average Bonchev–Trinajstić information content (AvgIpc) is 2.47. The first-order valence-corrected chi connectivity index (χ1v) is 6.75. The van der Waals surface area contributed by atoms with Crippen molar-refractivity contribution in [3.8, 4) is 0 Å². The van der Waals surface area contributed by atoms with Crippen LogP contribution in [0.1, 0.15) is 32.6 Å². The zero-order chi connectivity index (χ0) is 16.3. The number of aryl methyl sites for hydroxylation is 2. The first-order chi connectivity index (χ1) is 10.3. The summed E-state index contributed by atoms with van der Waals surface area (Å²) in [5.41, 5.74) is 1.72. The Morgan fingerprint density at radius 2 is 1.68 bits per heavy atom. The summed E-state index contributed by atoms with van der Waals surface area (Å²) in [7, 11) is 0. The Bertz CT molecular complexity index is 727. The van der Waals surface area contributed by atoms with Crippen LogP contribution in [0, 0.1) is 13.8 Å². The van der Waals surface area contributed by atoms with Gasteiger partial charge >= 0.3 is 6.18 Å². The number of rotatable bonds is 3. The third-order valence-electron chi connectivity index (χ3n) is 3.47. The molecule has 1 nitrogen and oxygen atoms in total. The Hall–Kier alpha value is -2.36. The second-order valence-corrected chi connectivity index (χ2v) is 5.08. The molecular formula is C18H15F3O. The Morgan fingerprint density at radius 1 is 1.00 bits per heavy atom. The number of allylic oxidation sites excluding steroid dienone is 1. The molecule has 22 heavy (non-hydrogen) atoms. The highest BCUT2D eigenvalue weighted by Crippen LogP contribution is 2.32. The third kappa shape index (κ3) is 3.64. The van der Waals surface area contributed by atoms with Gasteiger partial charge in [-0.2, -0.15) is 13.2 Å². The molecule has 0 aliphatic heterocycles. The summed E-state index contributed by atoms with van der Waals surface area (Å²) >= 11 is 0. The van der Waals surface area contributed by atoms with Crippen LogP contribution in [0.4, 0.5) is 13.2 Å². The molecule has 0 atom stereocenters. The first kappa shape index (κ1) is 16.0. The van der Waals surface area contributed by atoms with Crippen molar-refractivity contribution in [2.75, 3.05) is 0 Å². The predicted molar refractivity (Wildman–Crippen MR) is 80.7 cm³/mol. The summed E-state index contributed by atoms with van der Waals surface area (Å²) in [6, 6.07) is 10.4. The first-order valence-electron chi connectivity index (χ1n) is 6.75. The minimum absolute atomic E-state index is 0.0211. The number of hydrogen-bond donors (Lipinski definition) is 0. The summed E-state index contributed by atoms with van der Waals surface area (Å²) in [6.07, 6.45) is -2.06. The molecule has 2 aromatic carbocycles. The van der Waals surface area contributed by atoms with Crippen LogP contribution < -0.4 is 0 Å². The fraction of sp³-hybridized carbons (Fsp3) is 0.167. The van der Waals surface area contributed by atoms with Crippen LogP contribution in [0.15, 0.2) is 48.5 Å². The van der Waals surface area contributed by atoms with E-state index in [2.05, 4.69) is 0 Å². The highest BCUT2D eigenvalue weighted by Gasteiger charge is 2.32. The molecule has 0 fully saturated rings. The molecule has 0 N–H and O–H groups in total. The van der Waals surface area contributed by atoms with Gasteiger partial charge in [0, 0.05) is 5.56 Å². The van der Waals surface area contributed by atoms with Gasteiger partial charge in [-0.3, -0.25) is 4.79 Å². The summed E-state index contributed by atoms with van der Waals surface area (Å²) in [6.45, 7) is 3.81. The Kier molecular flexibility index (Phi) is 4.50. The Morgan fingerprint density at radius 3 is 2.32 bits per heavy atom. The van der Waals surface area contributed by atoms with Gasteiger partial charge in [0.05, 0.1) is 5.56 Å². The zero-order valence-corrected chi connectivity index (χ0v) is 12.2. The number of ketones is 1. The maximum Gasteiger partial charge on any atom is 0.416 e. The molecule has 2 rings (SSSR count). The van der Waals surface area contributed by atoms with Crippen LogP contribution in [-0.2, 0) is 6.18 Å². The maximum absolute atomic E-state index is 12.9. The average molecular weight is 304 g/mol. The minimum Gasteiger partial charge on any atom is -0.289 e. The molecule has 0 radical (unpaired) electrons. The van der Waals surface area contributed by atoms with E-state index in [0.29, 0.717) is 5.56 Å². The molecule has 0 saturated carbocycles. The molecule has 0 unspecified atom stereocenters. The molecular weight excluding hydrogens is 289 g/mol. The van der Waals surface area contributed by atoms with E-state index in [1.54, 1.807) is 12.1 Å². The zero-order valence-electron chi connectivity index (χ0n) is 12.2. The van der Waals surface area contributed by atoms with E-state index < -0.39 is 11.7 Å². The lowest BCUT2D eigenvalue weighted by molar-refractivity contribution is -0.137. The van der Waals surface area contributed by atoms with Gasteiger partial charge in [0.1, 0.15) is 0 Å². The van der Waals surface area contributed by atoms with Gasteiger partial charge in [0.25, 0.3) is 0 Å². The van der Waals surface area contributed by atoms with Gasteiger partial charge < -0.3 is 0 Å². The van der Waals surface area contributed by atoms with Crippen molar-refractivity contribution in [3.63, 3.8) is 0 Å². The number of hydrogen-bond acceptors (Lipinski definition) is 1. The number of benzene rings is 2. The van der Waals surface area contributed by atoms with Crippen LogP contribution in [0.3, 0.4) is 0 Å². The molecule has 0 heterocycles.